The number of pyridine rings is 1. The quantitative estimate of drug-likeness (QED) is 0.269. The predicted molar refractivity (Wildman–Crippen MR) is 139 cm³/mol. The summed E-state index contributed by atoms with van der Waals surface area (Å²) in [5, 5.41) is 20.1. The van der Waals surface area contributed by atoms with Crippen molar-refractivity contribution in [2.24, 2.45) is 11.3 Å². The van der Waals surface area contributed by atoms with Gasteiger partial charge in [0, 0.05) is 11.1 Å². The number of carboxylic acid groups (broad SMARTS) is 1. The molecule has 0 atom stereocenters. The fraction of sp³-hybridized carbons (Fsp3) is 0.321. The summed E-state index contributed by atoms with van der Waals surface area (Å²) in [6.07, 6.45) is 3.13. The van der Waals surface area contributed by atoms with Gasteiger partial charge in [0.05, 0.1) is 21.6 Å². The summed E-state index contributed by atoms with van der Waals surface area (Å²) in [5.74, 6) is -0.396. The molecule has 186 valence electrons. The van der Waals surface area contributed by atoms with Crippen LogP contribution in [-0.4, -0.2) is 37.2 Å². The van der Waals surface area contributed by atoms with E-state index < -0.39 is 11.4 Å². The Hall–Kier alpha value is -3.58. The molecule has 0 radical (unpaired) electrons. The van der Waals surface area contributed by atoms with Crippen LogP contribution < -0.4 is 4.74 Å². The Morgan fingerprint density at radius 3 is 2.36 bits per heavy atom. The van der Waals surface area contributed by atoms with E-state index in [-0.39, 0.29) is 17.8 Å². The summed E-state index contributed by atoms with van der Waals surface area (Å²) in [7, 11) is 0. The molecule has 2 aromatic carbocycles. The zero-order valence-electron chi connectivity index (χ0n) is 20.2. The standard InChI is InChI=1S/C28H28ClN3O4/c1-28(2,26(34)35)18-11-13-19(14-12-18)36-27-30-22-15-21(29)24(31-25(22)32-27)17-9-7-16(8-10-17)20-5-3-4-6-23(20)33/h3-10,15,18-19,33H,11-14H2,1-2H3,(H,34,35)(H,30,31,32)/t18-,19-. The third-order valence-corrected chi connectivity index (χ3v) is 7.59. The largest absolute Gasteiger partial charge is 0.507 e. The number of hydrogen-bond donors (Lipinski definition) is 3. The first-order valence-electron chi connectivity index (χ1n) is 12.1. The summed E-state index contributed by atoms with van der Waals surface area (Å²) in [4.78, 5) is 23.9. The van der Waals surface area contributed by atoms with Crippen LogP contribution in [0.1, 0.15) is 39.5 Å². The van der Waals surface area contributed by atoms with Crippen molar-refractivity contribution in [1.29, 1.82) is 0 Å². The predicted octanol–water partition coefficient (Wildman–Crippen LogP) is 6.70. The molecular weight excluding hydrogens is 478 g/mol. The van der Waals surface area contributed by atoms with Gasteiger partial charge in [-0.25, -0.2) is 4.98 Å². The van der Waals surface area contributed by atoms with Gasteiger partial charge < -0.3 is 19.9 Å². The van der Waals surface area contributed by atoms with Gasteiger partial charge in [0.2, 0.25) is 0 Å². The normalized spacial score (nSPS) is 18.3. The molecule has 1 fully saturated rings. The van der Waals surface area contributed by atoms with Gasteiger partial charge in [-0.3, -0.25) is 4.79 Å². The maximum absolute atomic E-state index is 11.6. The minimum Gasteiger partial charge on any atom is -0.507 e. The lowest BCUT2D eigenvalue weighted by atomic mass is 9.70. The zero-order valence-corrected chi connectivity index (χ0v) is 20.9. The number of para-hydroxylation sites is 1. The number of H-pyrrole nitrogens is 1. The van der Waals surface area contributed by atoms with E-state index in [0.29, 0.717) is 27.9 Å². The monoisotopic (exact) mass is 505 g/mol. The average molecular weight is 506 g/mol. The first kappa shape index (κ1) is 24.1. The van der Waals surface area contributed by atoms with E-state index in [0.717, 1.165) is 42.4 Å². The van der Waals surface area contributed by atoms with Crippen molar-refractivity contribution in [2.45, 2.75) is 45.6 Å². The fourth-order valence-corrected chi connectivity index (χ4v) is 5.17. The molecule has 0 aliphatic heterocycles. The first-order chi connectivity index (χ1) is 17.2. The number of aromatic hydroxyl groups is 1. The molecular formula is C28H28ClN3O4. The Morgan fingerprint density at radius 2 is 1.69 bits per heavy atom. The number of aromatic amines is 1. The number of nitrogens with one attached hydrogen (secondary N) is 1. The van der Waals surface area contributed by atoms with Gasteiger partial charge in [0.25, 0.3) is 6.01 Å². The average Bonchev–Trinajstić information content (AvgIpc) is 3.25. The number of hydrogen-bond acceptors (Lipinski definition) is 5. The first-order valence-corrected chi connectivity index (χ1v) is 12.5. The number of halogens is 1. The highest BCUT2D eigenvalue weighted by Gasteiger charge is 2.39. The summed E-state index contributed by atoms with van der Waals surface area (Å²) < 4.78 is 6.10. The fourth-order valence-electron chi connectivity index (χ4n) is 4.91. The number of phenols is 1. The molecule has 1 saturated carbocycles. The third kappa shape index (κ3) is 4.63. The molecule has 7 nitrogen and oxygen atoms in total. The number of rotatable bonds is 6. The number of benzene rings is 2. The summed E-state index contributed by atoms with van der Waals surface area (Å²) in [5.41, 5.74) is 3.56. The van der Waals surface area contributed by atoms with Crippen LogP contribution in [0.5, 0.6) is 11.8 Å². The molecule has 1 aliphatic rings. The molecule has 0 saturated heterocycles. The number of imidazole rings is 1. The summed E-state index contributed by atoms with van der Waals surface area (Å²) in [6, 6.07) is 17.1. The Bertz CT molecular complexity index is 1410. The van der Waals surface area contributed by atoms with Crippen molar-refractivity contribution in [3.8, 4) is 34.1 Å². The highest BCUT2D eigenvalue weighted by Crippen LogP contribution is 2.39. The Morgan fingerprint density at radius 1 is 1.03 bits per heavy atom. The molecule has 36 heavy (non-hydrogen) atoms. The van der Waals surface area contributed by atoms with E-state index in [1.165, 1.54) is 0 Å². The minimum absolute atomic E-state index is 0.0247. The zero-order chi connectivity index (χ0) is 25.4. The van der Waals surface area contributed by atoms with E-state index in [4.69, 9.17) is 16.3 Å². The van der Waals surface area contributed by atoms with Gasteiger partial charge in [-0.2, -0.15) is 4.98 Å². The van der Waals surface area contributed by atoms with Gasteiger partial charge in [0.15, 0.2) is 5.65 Å². The van der Waals surface area contributed by atoms with Gasteiger partial charge in [0.1, 0.15) is 11.9 Å². The Kier molecular flexibility index (Phi) is 6.35. The molecule has 2 aromatic heterocycles. The van der Waals surface area contributed by atoms with Crippen molar-refractivity contribution in [1.82, 2.24) is 15.0 Å². The van der Waals surface area contributed by atoms with Crippen LogP contribution in [0.25, 0.3) is 33.5 Å². The number of aromatic nitrogens is 3. The van der Waals surface area contributed by atoms with E-state index in [1.807, 2.05) is 36.4 Å². The molecule has 0 amide bonds. The van der Waals surface area contributed by atoms with Crippen LogP contribution in [-0.2, 0) is 4.79 Å². The lowest BCUT2D eigenvalue weighted by Crippen LogP contribution is -2.37. The lowest BCUT2D eigenvalue weighted by Gasteiger charge is -2.36. The number of carbonyl (C=O) groups is 1. The molecule has 0 unspecified atom stereocenters. The second-order valence-electron chi connectivity index (χ2n) is 9.94. The van der Waals surface area contributed by atoms with Crippen LogP contribution >= 0.6 is 11.6 Å². The Labute approximate surface area is 214 Å². The van der Waals surface area contributed by atoms with E-state index >= 15 is 0 Å². The van der Waals surface area contributed by atoms with Crippen LogP contribution in [0.3, 0.4) is 0 Å². The van der Waals surface area contributed by atoms with Gasteiger partial charge in [-0.15, -0.1) is 0 Å². The highest BCUT2D eigenvalue weighted by atomic mass is 35.5. The van der Waals surface area contributed by atoms with Crippen LogP contribution in [0.2, 0.25) is 5.02 Å². The van der Waals surface area contributed by atoms with Crippen LogP contribution in [0.4, 0.5) is 0 Å². The number of nitrogens with zero attached hydrogens (tertiary/aromatic N) is 2. The van der Waals surface area contributed by atoms with Crippen molar-refractivity contribution in [2.75, 3.05) is 0 Å². The van der Waals surface area contributed by atoms with Gasteiger partial charge in [-0.1, -0.05) is 54.1 Å². The molecule has 8 heteroatoms. The third-order valence-electron chi connectivity index (χ3n) is 7.30. The van der Waals surface area contributed by atoms with Crippen molar-refractivity contribution in [3.63, 3.8) is 0 Å². The second kappa shape index (κ2) is 9.47. The second-order valence-corrected chi connectivity index (χ2v) is 10.4. The molecule has 0 bridgehead atoms. The maximum atomic E-state index is 11.6. The lowest BCUT2D eigenvalue weighted by molar-refractivity contribution is -0.151. The topological polar surface area (TPSA) is 108 Å². The van der Waals surface area contributed by atoms with Gasteiger partial charge in [-0.05, 0) is 63.1 Å². The molecule has 1 aliphatic carbocycles. The molecule has 3 N–H and O–H groups in total. The van der Waals surface area contributed by atoms with E-state index in [1.54, 1.807) is 32.0 Å². The summed E-state index contributed by atoms with van der Waals surface area (Å²) in [6.45, 7) is 3.60. The van der Waals surface area contributed by atoms with Crippen molar-refractivity contribution < 1.29 is 19.7 Å². The maximum Gasteiger partial charge on any atom is 0.309 e. The number of phenolic OH excluding ortho intramolecular Hbond substituents is 1. The molecule has 4 aromatic rings. The minimum atomic E-state index is -0.754. The Balaban J connectivity index is 1.32. The van der Waals surface area contributed by atoms with E-state index in [2.05, 4.69) is 15.0 Å². The van der Waals surface area contributed by atoms with E-state index in [9.17, 15) is 15.0 Å². The highest BCUT2D eigenvalue weighted by molar-refractivity contribution is 6.33. The molecule has 2 heterocycles. The summed E-state index contributed by atoms with van der Waals surface area (Å²) >= 11 is 6.57. The van der Waals surface area contributed by atoms with Crippen LogP contribution in [0.15, 0.2) is 54.6 Å². The number of ether oxygens (including phenoxy) is 1. The number of carboxylic acids is 1. The van der Waals surface area contributed by atoms with Crippen LogP contribution in [0, 0.1) is 11.3 Å². The molecule has 0 spiro atoms. The SMILES string of the molecule is CC(C)(C(=O)O)[C@H]1CC[C@H](Oc2nc3nc(-c4ccc(-c5ccccc5O)cc4)c(Cl)cc3[nH]2)CC1. The molecule has 5 rings (SSSR count). The van der Waals surface area contributed by atoms with Gasteiger partial charge >= 0.3 is 5.97 Å². The number of aliphatic carboxylic acids is 1. The number of fused-ring (bicyclic) bond motifs is 1. The smallest absolute Gasteiger partial charge is 0.309 e. The van der Waals surface area contributed by atoms with Crippen molar-refractivity contribution in [3.05, 3.63) is 59.6 Å². The van der Waals surface area contributed by atoms with Crippen molar-refractivity contribution >= 4 is 28.7 Å².